The first-order chi connectivity index (χ1) is 15.6. The third kappa shape index (κ3) is 2.95. The molecule has 1 aliphatic heterocycles. The van der Waals surface area contributed by atoms with E-state index in [4.69, 9.17) is 16.3 Å². The fourth-order valence-electron chi connectivity index (χ4n) is 5.81. The van der Waals surface area contributed by atoms with Gasteiger partial charge in [0.1, 0.15) is 0 Å². The number of ketones is 2. The molecule has 0 bridgehead atoms. The maximum Gasteiger partial charge on any atom is 0.233 e. The Labute approximate surface area is 195 Å². The van der Waals surface area contributed by atoms with E-state index >= 15 is 0 Å². The van der Waals surface area contributed by atoms with Crippen LogP contribution in [0.2, 0.25) is 5.02 Å². The molecule has 1 heterocycles. The maximum absolute atomic E-state index is 13.3. The summed E-state index contributed by atoms with van der Waals surface area (Å²) in [6.45, 7) is 1.61. The molecule has 1 saturated heterocycles. The van der Waals surface area contributed by atoms with Crippen LogP contribution in [0.15, 0.2) is 46.6 Å². The number of hydrogen-bond donors (Lipinski definition) is 1. The number of benzene rings is 1. The SMILES string of the molecule is COc1cc(C2C3=CCC4C(=O)N(C)C(=O)C4C3CC3=C2C(=O)C(C)=CC3=O)cc(Cl)c1O. The highest BCUT2D eigenvalue weighted by molar-refractivity contribution is 6.32. The van der Waals surface area contributed by atoms with E-state index in [-0.39, 0.29) is 46.3 Å². The summed E-state index contributed by atoms with van der Waals surface area (Å²) < 4.78 is 5.27. The Hall–Kier alpha value is -3.19. The van der Waals surface area contributed by atoms with Crippen molar-refractivity contribution in [3.8, 4) is 11.5 Å². The highest BCUT2D eigenvalue weighted by atomic mass is 35.5. The van der Waals surface area contributed by atoms with Gasteiger partial charge in [0.05, 0.1) is 24.0 Å². The first-order valence-electron chi connectivity index (χ1n) is 10.7. The van der Waals surface area contributed by atoms with Crippen LogP contribution in [0, 0.1) is 17.8 Å². The van der Waals surface area contributed by atoms with Gasteiger partial charge in [-0.1, -0.05) is 23.3 Å². The minimum absolute atomic E-state index is 0.0524. The number of nitrogens with zero attached hydrogens (tertiary/aromatic N) is 1. The minimum Gasteiger partial charge on any atom is -0.503 e. The summed E-state index contributed by atoms with van der Waals surface area (Å²) in [7, 11) is 2.88. The van der Waals surface area contributed by atoms with E-state index < -0.39 is 23.7 Å². The van der Waals surface area contributed by atoms with Gasteiger partial charge in [-0.15, -0.1) is 0 Å². The predicted molar refractivity (Wildman–Crippen MR) is 119 cm³/mol. The standard InChI is InChI=1S/C25H22ClNO6/c1-10-6-17(28)15-9-14-12(4-5-13-20(14)25(32)27(2)24(13)31)19(21(15)22(10)29)11-7-16(26)23(30)18(8-11)33-3/h4,6-8,13-14,19-20,30H,5,9H2,1-3H3. The number of carbonyl (C=O) groups is 4. The molecule has 1 aromatic rings. The Kier molecular flexibility index (Phi) is 4.86. The average Bonchev–Trinajstić information content (AvgIpc) is 3.02. The second kappa shape index (κ2) is 7.42. The van der Waals surface area contributed by atoms with Gasteiger partial charge < -0.3 is 9.84 Å². The average molecular weight is 468 g/mol. The molecule has 33 heavy (non-hydrogen) atoms. The molecule has 5 rings (SSSR count). The number of phenolic OH excluding ortho intramolecular Hbond substituents is 1. The lowest BCUT2D eigenvalue weighted by Gasteiger charge is -2.42. The fraction of sp³-hybridized carbons (Fsp3) is 0.360. The largest absolute Gasteiger partial charge is 0.503 e. The molecule has 1 N–H and O–H groups in total. The Balaban J connectivity index is 1.74. The van der Waals surface area contributed by atoms with E-state index in [2.05, 4.69) is 0 Å². The molecule has 1 fully saturated rings. The monoisotopic (exact) mass is 467 g/mol. The maximum atomic E-state index is 13.3. The number of halogens is 1. The number of fused-ring (bicyclic) bond motifs is 3. The predicted octanol–water partition coefficient (Wildman–Crippen LogP) is 3.11. The van der Waals surface area contributed by atoms with Crippen molar-refractivity contribution in [1.29, 1.82) is 0 Å². The van der Waals surface area contributed by atoms with Crippen LogP contribution in [0.5, 0.6) is 11.5 Å². The van der Waals surface area contributed by atoms with E-state index in [1.807, 2.05) is 6.08 Å². The van der Waals surface area contributed by atoms with Crippen molar-refractivity contribution in [3.05, 3.63) is 57.2 Å². The van der Waals surface area contributed by atoms with Crippen molar-refractivity contribution in [2.24, 2.45) is 17.8 Å². The second-order valence-corrected chi connectivity index (χ2v) is 9.42. The molecule has 4 unspecified atom stereocenters. The number of methoxy groups -OCH3 is 1. The van der Waals surface area contributed by atoms with Crippen molar-refractivity contribution >= 4 is 35.0 Å². The zero-order valence-electron chi connectivity index (χ0n) is 18.3. The van der Waals surface area contributed by atoms with Gasteiger partial charge in [0.15, 0.2) is 23.1 Å². The van der Waals surface area contributed by atoms with Gasteiger partial charge in [-0.3, -0.25) is 24.1 Å². The lowest BCUT2D eigenvalue weighted by Crippen LogP contribution is -2.39. The van der Waals surface area contributed by atoms with Gasteiger partial charge in [0.2, 0.25) is 11.8 Å². The number of allylic oxidation sites excluding steroid dienone is 6. The Morgan fingerprint density at radius 2 is 1.85 bits per heavy atom. The first kappa shape index (κ1) is 21.6. The summed E-state index contributed by atoms with van der Waals surface area (Å²) >= 11 is 6.28. The van der Waals surface area contributed by atoms with Crippen molar-refractivity contribution in [3.63, 3.8) is 0 Å². The van der Waals surface area contributed by atoms with Crippen LogP contribution in [-0.2, 0) is 19.2 Å². The molecule has 4 aliphatic rings. The molecular weight excluding hydrogens is 446 g/mol. The third-order valence-corrected chi connectivity index (χ3v) is 7.68. The number of Topliss-reactive ketones (excluding diaryl/α,β-unsaturated/α-hetero) is 1. The molecule has 1 aromatic carbocycles. The number of rotatable bonds is 2. The topological polar surface area (TPSA) is 101 Å². The van der Waals surface area contributed by atoms with Crippen LogP contribution in [-0.4, -0.2) is 47.5 Å². The molecule has 2 amide bonds. The number of phenols is 1. The minimum atomic E-state index is -0.638. The molecule has 0 aromatic heterocycles. The summed E-state index contributed by atoms with van der Waals surface area (Å²) in [4.78, 5) is 53.2. The number of likely N-dealkylation sites (tertiary alicyclic amines) is 1. The third-order valence-electron chi connectivity index (χ3n) is 7.39. The quantitative estimate of drug-likeness (QED) is 0.407. The number of imide groups is 1. The molecule has 7 nitrogen and oxygen atoms in total. The van der Waals surface area contributed by atoms with Gasteiger partial charge in [-0.2, -0.15) is 0 Å². The molecule has 170 valence electrons. The highest BCUT2D eigenvalue weighted by Gasteiger charge is 2.55. The van der Waals surface area contributed by atoms with E-state index in [1.54, 1.807) is 19.1 Å². The van der Waals surface area contributed by atoms with Gasteiger partial charge in [-0.05, 0) is 49.5 Å². The molecular formula is C25H22ClNO6. The van der Waals surface area contributed by atoms with Crippen molar-refractivity contribution < 1.29 is 29.0 Å². The van der Waals surface area contributed by atoms with Crippen molar-refractivity contribution in [2.45, 2.75) is 25.7 Å². The molecule has 4 atom stereocenters. The van der Waals surface area contributed by atoms with Crippen LogP contribution in [0.4, 0.5) is 0 Å². The van der Waals surface area contributed by atoms with Gasteiger partial charge in [0.25, 0.3) is 0 Å². The smallest absolute Gasteiger partial charge is 0.233 e. The lowest BCUT2D eigenvalue weighted by molar-refractivity contribution is -0.138. The van der Waals surface area contributed by atoms with Crippen LogP contribution < -0.4 is 4.74 Å². The van der Waals surface area contributed by atoms with E-state index in [9.17, 15) is 24.3 Å². The Bertz CT molecular complexity index is 1260. The zero-order valence-corrected chi connectivity index (χ0v) is 19.1. The van der Waals surface area contributed by atoms with Crippen molar-refractivity contribution in [1.82, 2.24) is 4.90 Å². The van der Waals surface area contributed by atoms with Gasteiger partial charge >= 0.3 is 0 Å². The number of hydrogen-bond acceptors (Lipinski definition) is 6. The first-order valence-corrected chi connectivity index (χ1v) is 11.1. The zero-order chi connectivity index (χ0) is 23.8. The Morgan fingerprint density at radius 1 is 1.12 bits per heavy atom. The van der Waals surface area contributed by atoms with Gasteiger partial charge in [0, 0.05) is 29.7 Å². The summed E-state index contributed by atoms with van der Waals surface area (Å²) in [5.74, 6) is -3.12. The van der Waals surface area contributed by atoms with E-state index in [1.165, 1.54) is 25.1 Å². The van der Waals surface area contributed by atoms with Crippen molar-refractivity contribution in [2.75, 3.05) is 14.2 Å². The summed E-state index contributed by atoms with van der Waals surface area (Å²) in [5, 5.41) is 10.3. The summed E-state index contributed by atoms with van der Waals surface area (Å²) in [6.07, 6.45) is 3.88. The lowest BCUT2D eigenvalue weighted by atomic mass is 9.59. The van der Waals surface area contributed by atoms with E-state index in [0.29, 0.717) is 28.7 Å². The van der Waals surface area contributed by atoms with Crippen LogP contribution in [0.3, 0.4) is 0 Å². The number of aromatic hydroxyl groups is 1. The number of ether oxygens (including phenoxy) is 1. The molecule has 0 saturated carbocycles. The summed E-state index contributed by atoms with van der Waals surface area (Å²) in [6, 6.07) is 3.16. The molecule has 8 heteroatoms. The number of amides is 2. The number of carbonyl (C=O) groups excluding carboxylic acids is 4. The molecule has 0 radical (unpaired) electrons. The molecule has 0 spiro atoms. The van der Waals surface area contributed by atoms with E-state index in [0.717, 1.165) is 5.57 Å². The summed E-state index contributed by atoms with van der Waals surface area (Å²) in [5.41, 5.74) is 2.50. The fourth-order valence-corrected chi connectivity index (χ4v) is 6.03. The molecule has 3 aliphatic carbocycles. The van der Waals surface area contributed by atoms with Crippen LogP contribution >= 0.6 is 11.6 Å². The Morgan fingerprint density at radius 3 is 2.55 bits per heavy atom. The normalized spacial score (nSPS) is 28.9. The van der Waals surface area contributed by atoms with Gasteiger partial charge in [-0.25, -0.2) is 0 Å². The van der Waals surface area contributed by atoms with Crippen LogP contribution in [0.1, 0.15) is 31.2 Å². The highest BCUT2D eigenvalue weighted by Crippen LogP contribution is 2.55. The second-order valence-electron chi connectivity index (χ2n) is 9.02. The van der Waals surface area contributed by atoms with Crippen LogP contribution in [0.25, 0.3) is 0 Å².